The lowest BCUT2D eigenvalue weighted by Crippen LogP contribution is -2.21. The summed E-state index contributed by atoms with van der Waals surface area (Å²) in [5, 5.41) is 2.79. The van der Waals surface area contributed by atoms with Gasteiger partial charge in [-0.2, -0.15) is 0 Å². The number of benzene rings is 1. The highest BCUT2D eigenvalue weighted by molar-refractivity contribution is 5.43. The average molecular weight is 277 g/mol. The molecule has 0 radical (unpaired) electrons. The number of nitrogens with one attached hydrogen (secondary N) is 1. The topological polar surface area (TPSA) is 30.5 Å². The molecular weight excluding hydrogens is 259 g/mol. The average Bonchev–Trinajstić information content (AvgIpc) is 2.36. The first kappa shape index (κ1) is 15.8. The molecule has 3 nitrogen and oxygen atoms in total. The molecule has 0 unspecified atom stereocenters. The van der Waals surface area contributed by atoms with Crippen molar-refractivity contribution in [3.63, 3.8) is 0 Å². The summed E-state index contributed by atoms with van der Waals surface area (Å²) < 4.78 is 49.3. The SMILES string of the molecule is CCOC(CCNc1cc(F)c(F)c(F)c1)OCC. The van der Waals surface area contributed by atoms with Crippen LogP contribution in [-0.2, 0) is 9.47 Å². The van der Waals surface area contributed by atoms with Crippen molar-refractivity contribution in [2.24, 2.45) is 0 Å². The fraction of sp³-hybridized carbons (Fsp3) is 0.538. The Bertz CT molecular complexity index is 372. The lowest BCUT2D eigenvalue weighted by Gasteiger charge is -2.17. The monoisotopic (exact) mass is 277 g/mol. The summed E-state index contributed by atoms with van der Waals surface area (Å²) in [7, 11) is 0. The molecule has 0 aliphatic rings. The largest absolute Gasteiger partial charge is 0.385 e. The summed E-state index contributed by atoms with van der Waals surface area (Å²) in [6.45, 7) is 5.14. The molecule has 0 saturated carbocycles. The summed E-state index contributed by atoms with van der Waals surface area (Å²) in [4.78, 5) is 0. The Morgan fingerprint density at radius 2 is 1.58 bits per heavy atom. The van der Waals surface area contributed by atoms with Gasteiger partial charge in [-0.05, 0) is 13.8 Å². The van der Waals surface area contributed by atoms with Gasteiger partial charge in [0.25, 0.3) is 0 Å². The Hall–Kier alpha value is -1.27. The third kappa shape index (κ3) is 5.08. The summed E-state index contributed by atoms with van der Waals surface area (Å²) in [5.41, 5.74) is 0.183. The summed E-state index contributed by atoms with van der Waals surface area (Å²) in [6, 6.07) is 1.82. The zero-order valence-corrected chi connectivity index (χ0v) is 11.0. The Balaban J connectivity index is 2.48. The van der Waals surface area contributed by atoms with E-state index in [0.29, 0.717) is 26.2 Å². The number of halogens is 3. The van der Waals surface area contributed by atoms with Crippen molar-refractivity contribution in [3.05, 3.63) is 29.6 Å². The van der Waals surface area contributed by atoms with Crippen LogP contribution in [0, 0.1) is 17.5 Å². The Labute approximate surface area is 110 Å². The summed E-state index contributed by atoms with van der Waals surface area (Å²) >= 11 is 0. The summed E-state index contributed by atoms with van der Waals surface area (Å²) in [5.74, 6) is -3.89. The van der Waals surface area contributed by atoms with Gasteiger partial charge in [0.2, 0.25) is 0 Å². The molecule has 1 N–H and O–H groups in total. The van der Waals surface area contributed by atoms with Crippen LogP contribution < -0.4 is 5.32 Å². The standard InChI is InChI=1S/C13H18F3NO2/c1-3-18-12(19-4-2)5-6-17-9-7-10(14)13(16)11(15)8-9/h7-8,12,17H,3-6H2,1-2H3. The molecule has 0 bridgehead atoms. The van der Waals surface area contributed by atoms with Gasteiger partial charge >= 0.3 is 0 Å². The third-order valence-electron chi connectivity index (χ3n) is 2.40. The van der Waals surface area contributed by atoms with Crippen molar-refractivity contribution >= 4 is 5.69 Å². The third-order valence-corrected chi connectivity index (χ3v) is 2.40. The highest BCUT2D eigenvalue weighted by Gasteiger charge is 2.11. The van der Waals surface area contributed by atoms with Gasteiger partial charge in [0.1, 0.15) is 0 Å². The number of anilines is 1. The van der Waals surface area contributed by atoms with E-state index >= 15 is 0 Å². The second-order valence-corrected chi connectivity index (χ2v) is 3.81. The van der Waals surface area contributed by atoms with E-state index in [1.165, 1.54) is 0 Å². The Morgan fingerprint density at radius 1 is 1.05 bits per heavy atom. The minimum Gasteiger partial charge on any atom is -0.385 e. The highest BCUT2D eigenvalue weighted by Crippen LogP contribution is 2.17. The first-order valence-electron chi connectivity index (χ1n) is 6.20. The molecule has 1 aromatic carbocycles. The fourth-order valence-electron chi connectivity index (χ4n) is 1.58. The molecule has 1 aromatic rings. The molecule has 1 rings (SSSR count). The molecule has 6 heteroatoms. The minimum absolute atomic E-state index is 0.183. The van der Waals surface area contributed by atoms with E-state index in [2.05, 4.69) is 5.32 Å². The normalized spacial score (nSPS) is 11.1. The van der Waals surface area contributed by atoms with Gasteiger partial charge in [-0.15, -0.1) is 0 Å². The number of hydrogen-bond donors (Lipinski definition) is 1. The van der Waals surface area contributed by atoms with Gasteiger partial charge in [0.15, 0.2) is 23.7 Å². The van der Waals surface area contributed by atoms with Crippen LogP contribution in [0.5, 0.6) is 0 Å². The zero-order valence-electron chi connectivity index (χ0n) is 11.0. The molecule has 0 spiro atoms. The van der Waals surface area contributed by atoms with Crippen molar-refractivity contribution in [1.82, 2.24) is 0 Å². The Kier molecular flexibility index (Phi) is 6.66. The molecule has 0 saturated heterocycles. The van der Waals surface area contributed by atoms with Crippen LogP contribution in [0.25, 0.3) is 0 Å². The van der Waals surface area contributed by atoms with Gasteiger partial charge in [-0.25, -0.2) is 13.2 Å². The lowest BCUT2D eigenvalue weighted by molar-refractivity contribution is -0.137. The predicted molar refractivity (Wildman–Crippen MR) is 66.5 cm³/mol. The van der Waals surface area contributed by atoms with Crippen LogP contribution in [0.4, 0.5) is 18.9 Å². The quantitative estimate of drug-likeness (QED) is 0.584. The number of ether oxygens (including phenoxy) is 2. The van der Waals surface area contributed by atoms with Crippen LogP contribution in [0.3, 0.4) is 0 Å². The van der Waals surface area contributed by atoms with Crippen molar-refractivity contribution in [2.75, 3.05) is 25.1 Å². The second-order valence-electron chi connectivity index (χ2n) is 3.81. The lowest BCUT2D eigenvalue weighted by atomic mass is 10.2. The van der Waals surface area contributed by atoms with Crippen LogP contribution in [-0.4, -0.2) is 26.0 Å². The maximum atomic E-state index is 13.0. The number of rotatable bonds is 8. The van der Waals surface area contributed by atoms with E-state index in [1.807, 2.05) is 13.8 Å². The van der Waals surface area contributed by atoms with Gasteiger partial charge in [0, 0.05) is 44.0 Å². The maximum absolute atomic E-state index is 13.0. The molecule has 0 aliphatic heterocycles. The van der Waals surface area contributed by atoms with Crippen LogP contribution in [0.1, 0.15) is 20.3 Å². The maximum Gasteiger partial charge on any atom is 0.194 e. The van der Waals surface area contributed by atoms with Crippen molar-refractivity contribution in [3.8, 4) is 0 Å². The molecule has 0 amide bonds. The molecule has 0 atom stereocenters. The van der Waals surface area contributed by atoms with Crippen molar-refractivity contribution in [2.45, 2.75) is 26.6 Å². The van der Waals surface area contributed by atoms with E-state index in [9.17, 15) is 13.2 Å². The van der Waals surface area contributed by atoms with E-state index in [0.717, 1.165) is 12.1 Å². The van der Waals surface area contributed by atoms with Gasteiger partial charge in [-0.1, -0.05) is 0 Å². The number of hydrogen-bond acceptors (Lipinski definition) is 3. The van der Waals surface area contributed by atoms with E-state index < -0.39 is 17.5 Å². The summed E-state index contributed by atoms with van der Waals surface area (Å²) in [6.07, 6.45) is 0.153. The van der Waals surface area contributed by atoms with Crippen LogP contribution in [0.2, 0.25) is 0 Å². The van der Waals surface area contributed by atoms with Crippen molar-refractivity contribution < 1.29 is 22.6 Å². The van der Waals surface area contributed by atoms with Gasteiger partial charge in [-0.3, -0.25) is 0 Å². The Morgan fingerprint density at radius 3 is 2.05 bits per heavy atom. The van der Waals surface area contributed by atoms with Crippen LogP contribution in [0.15, 0.2) is 12.1 Å². The van der Waals surface area contributed by atoms with E-state index in [4.69, 9.17) is 9.47 Å². The molecule has 19 heavy (non-hydrogen) atoms. The zero-order chi connectivity index (χ0) is 14.3. The van der Waals surface area contributed by atoms with Gasteiger partial charge in [0.05, 0.1) is 0 Å². The first-order chi connectivity index (χ1) is 9.08. The smallest absolute Gasteiger partial charge is 0.194 e. The minimum atomic E-state index is -1.47. The molecule has 0 fully saturated rings. The predicted octanol–water partition coefficient (Wildman–Crippen LogP) is 3.31. The molecular formula is C13H18F3NO2. The molecule has 0 aromatic heterocycles. The molecule has 0 heterocycles. The highest BCUT2D eigenvalue weighted by atomic mass is 19.2. The molecule has 0 aliphatic carbocycles. The molecule has 108 valence electrons. The fourth-order valence-corrected chi connectivity index (χ4v) is 1.58. The first-order valence-corrected chi connectivity index (χ1v) is 6.20. The van der Waals surface area contributed by atoms with Gasteiger partial charge < -0.3 is 14.8 Å². The van der Waals surface area contributed by atoms with E-state index in [1.54, 1.807) is 0 Å². The van der Waals surface area contributed by atoms with Crippen molar-refractivity contribution in [1.29, 1.82) is 0 Å². The van der Waals surface area contributed by atoms with Crippen LogP contribution >= 0.6 is 0 Å². The second kappa shape index (κ2) is 8.01. The van der Waals surface area contributed by atoms with E-state index in [-0.39, 0.29) is 12.0 Å².